The van der Waals surface area contributed by atoms with Gasteiger partial charge in [-0.15, -0.1) is 0 Å². The Hall–Kier alpha value is -2.47. The Morgan fingerprint density at radius 3 is 1.86 bits per heavy atom. The molecule has 7 fully saturated rings. The number of methoxy groups -OCH3 is 2. The summed E-state index contributed by atoms with van der Waals surface area (Å²) in [5.74, 6) is -2.64. The molecule has 0 aromatic carbocycles. The van der Waals surface area contributed by atoms with Gasteiger partial charge in [-0.2, -0.15) is 0 Å². The molecular formula is C50H78O19. The van der Waals surface area contributed by atoms with Crippen LogP contribution in [0.5, 0.6) is 0 Å². The molecule has 0 aromatic heterocycles. The number of hydrogen-bond acceptors (Lipinski definition) is 19. The number of hydrogen-bond donors (Lipinski definition) is 6. The number of carbonyl (C=O) groups excluding carboxylic acids is 3. The second-order valence-corrected chi connectivity index (χ2v) is 21.2. The lowest BCUT2D eigenvalue weighted by atomic mass is 9.41. The van der Waals surface area contributed by atoms with Gasteiger partial charge in [0.05, 0.1) is 30.0 Å². The summed E-state index contributed by atoms with van der Waals surface area (Å²) in [7, 11) is 2.61. The fourth-order valence-electron chi connectivity index (χ4n) is 13.5. The van der Waals surface area contributed by atoms with Crippen molar-refractivity contribution in [3.63, 3.8) is 0 Å². The topological polar surface area (TPSA) is 265 Å². The average molecular weight is 983 g/mol. The molecule has 7 rings (SSSR count). The van der Waals surface area contributed by atoms with Gasteiger partial charge in [-0.05, 0) is 111 Å². The third-order valence-corrected chi connectivity index (χ3v) is 17.7. The van der Waals surface area contributed by atoms with E-state index < -0.39 is 139 Å². The molecule has 0 aromatic rings. The number of esters is 2. The van der Waals surface area contributed by atoms with E-state index in [0.29, 0.717) is 49.7 Å². The van der Waals surface area contributed by atoms with Crippen LogP contribution in [-0.2, 0) is 61.8 Å². The smallest absolute Gasteiger partial charge is 0.333 e. The SMILES string of the molecule is C/C=C(\C)C(=O)O[C@H]1[C@H]2[C@@H](CC[C@H]3C[C@@H](O[C@H]4C[C@@H](O)[C@H](O[C@@H]5O[C@H](C)[C@@H](O[C@@H]6O[C@H](OC)[C@@H](O)[C@H](O)[C@H]6O)[C@@H](OC)[C@H]5O)[C@@H](C)O4)CC[C@@]32C)[C@@]2(O)CC[C@H](C(C)=O)[C@@]2(C)[C@@H]1OC(=O)/C(C)=C/C. The van der Waals surface area contributed by atoms with Crippen LogP contribution in [0.25, 0.3) is 0 Å². The summed E-state index contributed by atoms with van der Waals surface area (Å²) in [6.07, 6.45) is -12.0. The van der Waals surface area contributed by atoms with E-state index in [1.54, 1.807) is 53.7 Å². The fraction of sp³-hybridized carbons (Fsp3) is 0.860. The molecule has 3 saturated heterocycles. The summed E-state index contributed by atoms with van der Waals surface area (Å²) in [4.78, 5) is 41.0. The predicted octanol–water partition coefficient (Wildman–Crippen LogP) is 2.51. The van der Waals surface area contributed by atoms with Crippen LogP contribution >= 0.6 is 0 Å². The van der Waals surface area contributed by atoms with Gasteiger partial charge in [0.25, 0.3) is 0 Å². The summed E-state index contributed by atoms with van der Waals surface area (Å²) >= 11 is 0. The predicted molar refractivity (Wildman–Crippen MR) is 241 cm³/mol. The zero-order valence-electron chi connectivity index (χ0n) is 41.9. The summed E-state index contributed by atoms with van der Waals surface area (Å²) < 4.78 is 60.4. The minimum Gasteiger partial charge on any atom is -0.455 e. The quantitative estimate of drug-likeness (QED) is 0.0880. The first kappa shape index (κ1) is 54.3. The number of aliphatic hydroxyl groups is 6. The Kier molecular flexibility index (Phi) is 16.7. The molecule has 0 spiro atoms. The van der Waals surface area contributed by atoms with Gasteiger partial charge in [0.2, 0.25) is 0 Å². The highest BCUT2D eigenvalue weighted by Crippen LogP contribution is 2.70. The zero-order valence-corrected chi connectivity index (χ0v) is 41.9. The van der Waals surface area contributed by atoms with Crippen LogP contribution in [0.15, 0.2) is 23.3 Å². The van der Waals surface area contributed by atoms with Crippen molar-refractivity contribution in [3.8, 4) is 0 Å². The van der Waals surface area contributed by atoms with E-state index in [0.717, 1.165) is 6.42 Å². The van der Waals surface area contributed by atoms with Gasteiger partial charge in [0.15, 0.2) is 25.2 Å². The van der Waals surface area contributed by atoms with Gasteiger partial charge in [0, 0.05) is 49.0 Å². The van der Waals surface area contributed by atoms with Gasteiger partial charge < -0.3 is 78.0 Å². The van der Waals surface area contributed by atoms with Gasteiger partial charge >= 0.3 is 11.9 Å². The van der Waals surface area contributed by atoms with Crippen LogP contribution in [0.1, 0.15) is 114 Å². The summed E-state index contributed by atoms with van der Waals surface area (Å²) in [6, 6.07) is 0. The highest BCUT2D eigenvalue weighted by atomic mass is 16.8. The normalized spacial score (nSPS) is 49.3. The maximum Gasteiger partial charge on any atom is 0.333 e. The number of carbonyl (C=O) groups is 3. The Balaban J connectivity index is 1.04. The summed E-state index contributed by atoms with van der Waals surface area (Å²) in [5.41, 5.74) is -2.39. The van der Waals surface area contributed by atoms with E-state index in [-0.39, 0.29) is 30.1 Å². The Labute approximate surface area is 405 Å². The van der Waals surface area contributed by atoms with Crippen LogP contribution in [0.2, 0.25) is 0 Å². The van der Waals surface area contributed by atoms with Crippen molar-refractivity contribution in [2.45, 2.75) is 224 Å². The van der Waals surface area contributed by atoms with Crippen LogP contribution in [-0.4, -0.2) is 173 Å². The number of rotatable bonds is 13. The molecule has 69 heavy (non-hydrogen) atoms. The standard InChI is InChI=1S/C50H78O19/c1-12-22(3)43(57)65-40-33-30(50(59)19-17-29(24(5)51)49(50,9)42(40)68-44(58)23(4)13-2)15-14-27-20-28(16-18-48(27,33)8)64-32-21-31(52)38(25(6)62-32)66-47-37(56)41(60-10)39(26(7)63-47)67-46-36(55)34(53)35(54)45(61-11)69-46/h12-13,25-42,45-47,52-56,59H,14-21H2,1-11H3/b22-12+,23-13+/t25-,26-,27+,28+,29-,30-,31-,32+,33-,34+,35+,36-,37-,38-,39-,40+,41+,42-,45+,46-,47+,48+,49+,50+/m1/s1. The maximum atomic E-state index is 13.8. The first-order valence-corrected chi connectivity index (χ1v) is 24.8. The molecule has 0 bridgehead atoms. The van der Waals surface area contributed by atoms with E-state index in [4.69, 9.17) is 47.4 Å². The van der Waals surface area contributed by atoms with Gasteiger partial charge in [-0.3, -0.25) is 4.79 Å². The maximum absolute atomic E-state index is 13.8. The lowest BCUT2D eigenvalue weighted by Gasteiger charge is -2.66. The minimum atomic E-state index is -1.66. The first-order chi connectivity index (χ1) is 32.5. The Bertz CT molecular complexity index is 1900. The Morgan fingerprint density at radius 2 is 1.25 bits per heavy atom. The van der Waals surface area contributed by atoms with Crippen molar-refractivity contribution < 1.29 is 92.4 Å². The van der Waals surface area contributed by atoms with Crippen molar-refractivity contribution in [2.24, 2.45) is 34.5 Å². The second-order valence-electron chi connectivity index (χ2n) is 21.2. The molecule has 7 aliphatic rings. The van der Waals surface area contributed by atoms with Crippen molar-refractivity contribution in [1.82, 2.24) is 0 Å². The molecule has 3 heterocycles. The van der Waals surface area contributed by atoms with Crippen LogP contribution in [0.4, 0.5) is 0 Å². The van der Waals surface area contributed by atoms with E-state index in [9.17, 15) is 45.0 Å². The largest absolute Gasteiger partial charge is 0.455 e. The third-order valence-electron chi connectivity index (χ3n) is 17.7. The lowest BCUT2D eigenvalue weighted by molar-refractivity contribution is -0.386. The van der Waals surface area contributed by atoms with E-state index >= 15 is 0 Å². The highest BCUT2D eigenvalue weighted by Gasteiger charge is 2.76. The minimum absolute atomic E-state index is 0.0367. The van der Waals surface area contributed by atoms with Gasteiger partial charge in [-0.1, -0.05) is 26.0 Å². The molecule has 0 amide bonds. The monoisotopic (exact) mass is 983 g/mol. The zero-order chi connectivity index (χ0) is 50.7. The van der Waals surface area contributed by atoms with Crippen molar-refractivity contribution in [2.75, 3.05) is 14.2 Å². The number of Topliss-reactive ketones (excluding diaryl/α,β-unsaturated/α-hetero) is 1. The number of ketones is 1. The molecular weight excluding hydrogens is 905 g/mol. The van der Waals surface area contributed by atoms with E-state index in [1.807, 2.05) is 6.92 Å². The molecule has 24 atom stereocenters. The molecule has 4 saturated carbocycles. The molecule has 0 radical (unpaired) electrons. The van der Waals surface area contributed by atoms with Crippen molar-refractivity contribution in [3.05, 3.63) is 23.3 Å². The molecule has 392 valence electrons. The molecule has 3 aliphatic heterocycles. The average Bonchev–Trinajstić information content (AvgIpc) is 3.60. The summed E-state index contributed by atoms with van der Waals surface area (Å²) in [6.45, 7) is 15.7. The second kappa shape index (κ2) is 21.2. The van der Waals surface area contributed by atoms with Gasteiger partial charge in [-0.25, -0.2) is 9.59 Å². The number of ether oxygens (including phenoxy) is 10. The van der Waals surface area contributed by atoms with E-state index in [1.165, 1.54) is 21.1 Å². The van der Waals surface area contributed by atoms with Crippen LogP contribution in [0, 0.1) is 34.5 Å². The number of aliphatic hydroxyl groups excluding tert-OH is 5. The molecule has 4 aliphatic carbocycles. The molecule has 6 N–H and O–H groups in total. The van der Waals surface area contributed by atoms with Gasteiger partial charge in [0.1, 0.15) is 60.7 Å². The molecule has 19 nitrogen and oxygen atoms in total. The molecule has 19 heteroatoms. The van der Waals surface area contributed by atoms with E-state index in [2.05, 4.69) is 6.92 Å². The first-order valence-electron chi connectivity index (χ1n) is 24.8. The molecule has 0 unspecified atom stereocenters. The Morgan fingerprint density at radius 1 is 0.638 bits per heavy atom. The fourth-order valence-corrected chi connectivity index (χ4v) is 13.5. The van der Waals surface area contributed by atoms with Crippen molar-refractivity contribution >= 4 is 17.7 Å². The number of allylic oxidation sites excluding steroid dienone is 2. The number of fused-ring (bicyclic) bond motifs is 5. The van der Waals surface area contributed by atoms with Crippen LogP contribution < -0.4 is 0 Å². The third kappa shape index (κ3) is 9.65. The lowest BCUT2D eigenvalue weighted by Crippen LogP contribution is -2.73. The summed E-state index contributed by atoms with van der Waals surface area (Å²) in [5, 5.41) is 67.3. The van der Waals surface area contributed by atoms with Crippen LogP contribution in [0.3, 0.4) is 0 Å². The highest BCUT2D eigenvalue weighted by molar-refractivity contribution is 5.89. The van der Waals surface area contributed by atoms with Crippen molar-refractivity contribution in [1.29, 1.82) is 0 Å².